The average Bonchev–Trinajstić information content (AvgIpc) is 2.73. The van der Waals surface area contributed by atoms with Gasteiger partial charge in [0, 0.05) is 5.69 Å². The largest absolute Gasteiger partial charge is 0.493 e. The van der Waals surface area contributed by atoms with E-state index < -0.39 is 4.92 Å². The Hall–Kier alpha value is -3.68. The van der Waals surface area contributed by atoms with Crippen molar-refractivity contribution in [2.45, 2.75) is 26.2 Å². The molecule has 0 bridgehead atoms. The molecule has 8 nitrogen and oxygen atoms in total. The molecule has 0 unspecified atom stereocenters. The van der Waals surface area contributed by atoms with Crippen molar-refractivity contribution < 1.29 is 14.4 Å². The third-order valence-corrected chi connectivity index (χ3v) is 4.28. The third kappa shape index (κ3) is 4.98. The summed E-state index contributed by atoms with van der Waals surface area (Å²) in [5, 5.41) is 14.7. The average molecular weight is 394 g/mol. The Kier molecular flexibility index (Phi) is 6.57. The molecule has 1 heterocycles. The van der Waals surface area contributed by atoms with Gasteiger partial charge in [0.05, 0.1) is 12.0 Å². The van der Waals surface area contributed by atoms with E-state index >= 15 is 0 Å². The molecule has 3 aromatic rings. The van der Waals surface area contributed by atoms with E-state index in [0.29, 0.717) is 17.2 Å². The number of para-hydroxylation sites is 2. The van der Waals surface area contributed by atoms with Crippen LogP contribution in [0.25, 0.3) is 0 Å². The van der Waals surface area contributed by atoms with Gasteiger partial charge in [0.15, 0.2) is 11.5 Å². The number of benzene rings is 2. The Bertz CT molecular complexity index is 977. The standard InChI is InChI=1S/C21H22N4O4/c1-3-4-7-15-10-12-16(13-11-15)24-20-19(25(26)27)21(23-14-22-20)29-18-9-6-5-8-17(18)28-2/h5-6,8-14H,3-4,7H2,1-2H3,(H,22,23,24). The predicted molar refractivity (Wildman–Crippen MR) is 110 cm³/mol. The van der Waals surface area contributed by atoms with Crippen LogP contribution < -0.4 is 14.8 Å². The second-order valence-corrected chi connectivity index (χ2v) is 6.31. The van der Waals surface area contributed by atoms with Gasteiger partial charge in [0.1, 0.15) is 6.33 Å². The van der Waals surface area contributed by atoms with Crippen LogP contribution >= 0.6 is 0 Å². The fraction of sp³-hybridized carbons (Fsp3) is 0.238. The second-order valence-electron chi connectivity index (χ2n) is 6.31. The molecule has 150 valence electrons. The number of nitrogens with zero attached hydrogens (tertiary/aromatic N) is 3. The first kappa shape index (κ1) is 20.1. The van der Waals surface area contributed by atoms with Crippen LogP contribution in [0, 0.1) is 10.1 Å². The predicted octanol–water partition coefficient (Wildman–Crippen LogP) is 5.27. The van der Waals surface area contributed by atoms with E-state index in [4.69, 9.17) is 9.47 Å². The van der Waals surface area contributed by atoms with Crippen molar-refractivity contribution in [3.63, 3.8) is 0 Å². The first-order valence-corrected chi connectivity index (χ1v) is 9.28. The second kappa shape index (κ2) is 9.50. The van der Waals surface area contributed by atoms with Gasteiger partial charge >= 0.3 is 11.6 Å². The minimum absolute atomic E-state index is 0.0520. The topological polar surface area (TPSA) is 99.4 Å². The van der Waals surface area contributed by atoms with Gasteiger partial charge in [0.2, 0.25) is 5.82 Å². The van der Waals surface area contributed by atoms with Crippen molar-refractivity contribution in [1.82, 2.24) is 9.97 Å². The molecule has 0 fully saturated rings. The van der Waals surface area contributed by atoms with E-state index in [1.807, 2.05) is 24.3 Å². The lowest BCUT2D eigenvalue weighted by atomic mass is 10.1. The Labute approximate surface area is 168 Å². The molecule has 0 aliphatic carbocycles. The number of aromatic nitrogens is 2. The number of anilines is 2. The Morgan fingerprint density at radius 3 is 2.45 bits per heavy atom. The maximum absolute atomic E-state index is 11.7. The number of hydrogen-bond acceptors (Lipinski definition) is 7. The van der Waals surface area contributed by atoms with Gasteiger partial charge in [-0.15, -0.1) is 0 Å². The maximum Gasteiger partial charge on any atom is 0.373 e. The summed E-state index contributed by atoms with van der Waals surface area (Å²) in [4.78, 5) is 19.1. The van der Waals surface area contributed by atoms with E-state index in [1.54, 1.807) is 24.3 Å². The molecule has 2 aromatic carbocycles. The third-order valence-electron chi connectivity index (χ3n) is 4.28. The van der Waals surface area contributed by atoms with Crippen LogP contribution in [0.3, 0.4) is 0 Å². The van der Waals surface area contributed by atoms with Gasteiger partial charge in [-0.3, -0.25) is 10.1 Å². The lowest BCUT2D eigenvalue weighted by Crippen LogP contribution is -2.04. The zero-order chi connectivity index (χ0) is 20.6. The van der Waals surface area contributed by atoms with Crippen molar-refractivity contribution in [2.24, 2.45) is 0 Å². The zero-order valence-corrected chi connectivity index (χ0v) is 16.3. The van der Waals surface area contributed by atoms with Crippen molar-refractivity contribution in [3.05, 3.63) is 70.5 Å². The molecule has 3 rings (SSSR count). The van der Waals surface area contributed by atoms with Crippen LogP contribution in [0.2, 0.25) is 0 Å². The highest BCUT2D eigenvalue weighted by molar-refractivity contribution is 5.69. The molecule has 29 heavy (non-hydrogen) atoms. The number of nitro groups is 1. The van der Waals surface area contributed by atoms with E-state index in [9.17, 15) is 10.1 Å². The quantitative estimate of drug-likeness (QED) is 0.390. The highest BCUT2D eigenvalue weighted by Gasteiger charge is 2.26. The zero-order valence-electron chi connectivity index (χ0n) is 16.3. The molecular formula is C21H22N4O4. The van der Waals surface area contributed by atoms with Crippen molar-refractivity contribution in [3.8, 4) is 17.4 Å². The van der Waals surface area contributed by atoms with Crippen LogP contribution in [0.5, 0.6) is 17.4 Å². The van der Waals surface area contributed by atoms with Crippen molar-refractivity contribution in [1.29, 1.82) is 0 Å². The summed E-state index contributed by atoms with van der Waals surface area (Å²) in [6.07, 6.45) is 4.47. The molecule has 8 heteroatoms. The van der Waals surface area contributed by atoms with Gasteiger partial charge < -0.3 is 14.8 Å². The molecule has 0 radical (unpaired) electrons. The molecule has 1 aromatic heterocycles. The summed E-state index contributed by atoms with van der Waals surface area (Å²) in [5.41, 5.74) is 1.55. The van der Waals surface area contributed by atoms with Crippen LogP contribution in [-0.2, 0) is 6.42 Å². The first-order valence-electron chi connectivity index (χ1n) is 9.28. The van der Waals surface area contributed by atoms with Crippen LogP contribution in [0.4, 0.5) is 17.2 Å². The van der Waals surface area contributed by atoms with Crippen molar-refractivity contribution in [2.75, 3.05) is 12.4 Å². The summed E-state index contributed by atoms with van der Waals surface area (Å²) in [7, 11) is 1.49. The molecule has 0 saturated carbocycles. The van der Waals surface area contributed by atoms with E-state index in [2.05, 4.69) is 22.2 Å². The molecule has 0 saturated heterocycles. The highest BCUT2D eigenvalue weighted by Crippen LogP contribution is 2.38. The Balaban J connectivity index is 1.88. The van der Waals surface area contributed by atoms with E-state index in [0.717, 1.165) is 19.3 Å². The van der Waals surface area contributed by atoms with Crippen LogP contribution in [-0.4, -0.2) is 22.0 Å². The van der Waals surface area contributed by atoms with Gasteiger partial charge in [-0.2, -0.15) is 4.98 Å². The minimum Gasteiger partial charge on any atom is -0.493 e. The smallest absolute Gasteiger partial charge is 0.373 e. The number of aryl methyl sites for hydroxylation is 1. The fourth-order valence-corrected chi connectivity index (χ4v) is 2.77. The molecule has 0 aliphatic rings. The SMILES string of the molecule is CCCCc1ccc(Nc2ncnc(Oc3ccccc3OC)c2[N+](=O)[O-])cc1. The Morgan fingerprint density at radius 1 is 1.07 bits per heavy atom. The van der Waals surface area contributed by atoms with Gasteiger partial charge in [0.25, 0.3) is 0 Å². The lowest BCUT2D eigenvalue weighted by Gasteiger charge is -2.11. The Morgan fingerprint density at radius 2 is 1.79 bits per heavy atom. The minimum atomic E-state index is -0.567. The number of unbranched alkanes of at least 4 members (excludes halogenated alkanes) is 1. The summed E-state index contributed by atoms with van der Waals surface area (Å²) >= 11 is 0. The number of nitrogens with one attached hydrogen (secondary N) is 1. The van der Waals surface area contributed by atoms with Crippen molar-refractivity contribution >= 4 is 17.2 Å². The van der Waals surface area contributed by atoms with Gasteiger partial charge in [-0.05, 0) is 42.7 Å². The summed E-state index contributed by atoms with van der Waals surface area (Å²) in [5.74, 6) is 0.647. The fourth-order valence-electron chi connectivity index (χ4n) is 2.77. The number of ether oxygens (including phenoxy) is 2. The van der Waals surface area contributed by atoms with Crippen LogP contribution in [0.1, 0.15) is 25.3 Å². The molecule has 0 spiro atoms. The summed E-state index contributed by atoms with van der Waals surface area (Å²) in [6, 6.07) is 14.6. The normalized spacial score (nSPS) is 10.4. The molecule has 1 N–H and O–H groups in total. The van der Waals surface area contributed by atoms with E-state index in [1.165, 1.54) is 19.0 Å². The molecular weight excluding hydrogens is 372 g/mol. The number of rotatable bonds is 9. The maximum atomic E-state index is 11.7. The van der Waals surface area contributed by atoms with E-state index in [-0.39, 0.29) is 17.4 Å². The molecule has 0 aliphatic heterocycles. The van der Waals surface area contributed by atoms with Crippen LogP contribution in [0.15, 0.2) is 54.9 Å². The summed E-state index contributed by atoms with van der Waals surface area (Å²) in [6.45, 7) is 2.15. The summed E-state index contributed by atoms with van der Waals surface area (Å²) < 4.78 is 10.9. The molecule has 0 atom stereocenters. The van der Waals surface area contributed by atoms with Gasteiger partial charge in [-0.1, -0.05) is 37.6 Å². The number of hydrogen-bond donors (Lipinski definition) is 1. The highest BCUT2D eigenvalue weighted by atomic mass is 16.6. The number of methoxy groups -OCH3 is 1. The van der Waals surface area contributed by atoms with Gasteiger partial charge in [-0.25, -0.2) is 4.98 Å². The molecule has 0 amide bonds. The lowest BCUT2D eigenvalue weighted by molar-refractivity contribution is -0.385. The first-order chi connectivity index (χ1) is 14.1. The monoisotopic (exact) mass is 394 g/mol.